The second kappa shape index (κ2) is 13.0. The van der Waals surface area contributed by atoms with Crippen LogP contribution in [0.1, 0.15) is 57.0 Å². The Balaban J connectivity index is 1.64. The number of rotatable bonds is 7. The van der Waals surface area contributed by atoms with Crippen molar-refractivity contribution in [2.75, 3.05) is 13.7 Å². The lowest BCUT2D eigenvalue weighted by atomic mass is 9.92. The predicted molar refractivity (Wildman–Crippen MR) is 189 cm³/mol. The molecule has 4 heterocycles. The third kappa shape index (κ3) is 5.60. The van der Waals surface area contributed by atoms with Crippen molar-refractivity contribution in [1.29, 1.82) is 5.26 Å². The summed E-state index contributed by atoms with van der Waals surface area (Å²) < 4.78 is 16.2. The molecule has 5 aromatic rings. The Morgan fingerprint density at radius 2 is 1.85 bits per heavy atom. The van der Waals surface area contributed by atoms with Gasteiger partial charge in [-0.2, -0.15) is 5.26 Å². The summed E-state index contributed by atoms with van der Waals surface area (Å²) in [5.74, 6) is -0.0444. The van der Waals surface area contributed by atoms with E-state index in [1.165, 1.54) is 11.3 Å². The first-order chi connectivity index (χ1) is 22.6. The van der Waals surface area contributed by atoms with Gasteiger partial charge < -0.3 is 14.0 Å². The number of fused-ring (bicyclic) bond motifs is 1. The molecule has 3 aromatic heterocycles. The summed E-state index contributed by atoms with van der Waals surface area (Å²) in [6.45, 7) is 9.88. The zero-order valence-corrected chi connectivity index (χ0v) is 29.9. The number of thiazole rings is 1. The second-order valence-corrected chi connectivity index (χ2v) is 14.2. The first-order valence-electron chi connectivity index (χ1n) is 14.9. The van der Waals surface area contributed by atoms with Crippen LogP contribution in [0, 0.1) is 39.0 Å². The summed E-state index contributed by atoms with van der Waals surface area (Å²) in [7, 11) is 1.56. The highest BCUT2D eigenvalue weighted by Gasteiger charge is 2.37. The minimum atomic E-state index is -0.877. The zero-order chi connectivity index (χ0) is 33.6. The van der Waals surface area contributed by atoms with E-state index < -0.39 is 12.0 Å². The number of carbonyl (C=O) groups excluding carboxylic acids is 1. The van der Waals surface area contributed by atoms with Gasteiger partial charge in [0.2, 0.25) is 0 Å². The molecule has 0 radical (unpaired) electrons. The lowest BCUT2D eigenvalue weighted by Gasteiger charge is -2.27. The lowest BCUT2D eigenvalue weighted by molar-refractivity contribution is -0.138. The molecule has 0 saturated heterocycles. The smallest absolute Gasteiger partial charge is 0.338 e. The van der Waals surface area contributed by atoms with E-state index in [1.807, 2.05) is 82.3 Å². The van der Waals surface area contributed by atoms with Crippen molar-refractivity contribution in [1.82, 2.24) is 9.13 Å². The van der Waals surface area contributed by atoms with Crippen LogP contribution in [0.2, 0.25) is 0 Å². The van der Waals surface area contributed by atoms with Gasteiger partial charge >= 0.3 is 5.97 Å². The number of hydrogen-bond donors (Lipinski definition) is 0. The van der Waals surface area contributed by atoms with Gasteiger partial charge in [-0.1, -0.05) is 57.6 Å². The van der Waals surface area contributed by atoms with Crippen LogP contribution in [-0.2, 0) is 9.53 Å². The molecule has 6 rings (SSSR count). The Bertz CT molecular complexity index is 2320. The molecule has 0 saturated carbocycles. The number of halogens is 1. The lowest BCUT2D eigenvalue weighted by Crippen LogP contribution is -2.40. The summed E-state index contributed by atoms with van der Waals surface area (Å²) >= 11 is 6.42. The largest absolute Gasteiger partial charge is 0.496 e. The molecular weight excluding hydrogens is 696 g/mol. The first kappa shape index (κ1) is 32.4. The van der Waals surface area contributed by atoms with Gasteiger partial charge in [-0.25, -0.2) is 9.79 Å². The van der Waals surface area contributed by atoms with Gasteiger partial charge in [0.15, 0.2) is 4.80 Å². The monoisotopic (exact) mass is 726 g/mol. The molecule has 2 aromatic carbocycles. The standard InChI is InChI=1S/C36H31BrN4O4S2/c1-7-45-35(43)30-31(23-11-9-8-10-12-23)39-36-41(32(30)26-17-25(37)13-14-28(26)44-6)33(42)29(47-36)16-24-15-19(2)40(21(24)4)34-27(18-38)20(3)22(5)46-34/h8-17,32H,7H2,1-6H3/b29-16-/t32-/m0/s1. The van der Waals surface area contributed by atoms with Crippen molar-refractivity contribution in [2.45, 2.75) is 40.7 Å². The summed E-state index contributed by atoms with van der Waals surface area (Å²) in [6, 6.07) is 18.5. The van der Waals surface area contributed by atoms with Crippen molar-refractivity contribution >= 4 is 56.3 Å². The summed E-state index contributed by atoms with van der Waals surface area (Å²) in [6.07, 6.45) is 1.87. The van der Waals surface area contributed by atoms with Crippen LogP contribution >= 0.6 is 38.6 Å². The third-order valence-corrected chi connectivity index (χ3v) is 11.0. The molecule has 0 amide bonds. The van der Waals surface area contributed by atoms with Crippen molar-refractivity contribution < 1.29 is 14.3 Å². The average molecular weight is 728 g/mol. The zero-order valence-electron chi connectivity index (χ0n) is 26.7. The van der Waals surface area contributed by atoms with Gasteiger partial charge in [0.1, 0.15) is 22.9 Å². The van der Waals surface area contributed by atoms with Gasteiger partial charge in [-0.05, 0) is 76.1 Å². The maximum Gasteiger partial charge on any atom is 0.338 e. The van der Waals surface area contributed by atoms with E-state index in [4.69, 9.17) is 14.5 Å². The van der Waals surface area contributed by atoms with Gasteiger partial charge in [-0.15, -0.1) is 11.3 Å². The molecule has 0 bridgehead atoms. The van der Waals surface area contributed by atoms with E-state index >= 15 is 0 Å². The number of nitrogens with zero attached hydrogens (tertiary/aromatic N) is 4. The highest BCUT2D eigenvalue weighted by Crippen LogP contribution is 2.40. The van der Waals surface area contributed by atoms with E-state index in [0.717, 1.165) is 42.4 Å². The highest BCUT2D eigenvalue weighted by atomic mass is 79.9. The first-order valence-corrected chi connectivity index (χ1v) is 17.3. The Morgan fingerprint density at radius 3 is 2.53 bits per heavy atom. The highest BCUT2D eigenvalue weighted by molar-refractivity contribution is 9.10. The number of esters is 1. The number of ether oxygens (including phenoxy) is 2. The molecule has 0 fully saturated rings. The second-order valence-electron chi connectivity index (χ2n) is 11.1. The number of nitriles is 1. The SMILES string of the molecule is CCOC(=O)C1=C(c2ccccc2)N=c2s/c(=C\c3cc(C)n(-c4sc(C)c(C)c4C#N)c3C)c(=O)n2[C@H]1c1cc(Br)ccc1OC. The van der Waals surface area contributed by atoms with E-state index in [0.29, 0.717) is 31.9 Å². The number of methoxy groups -OCH3 is 1. The quantitative estimate of drug-likeness (QED) is 0.175. The maximum absolute atomic E-state index is 14.5. The van der Waals surface area contributed by atoms with Crippen LogP contribution in [0.3, 0.4) is 0 Å². The molecule has 238 valence electrons. The van der Waals surface area contributed by atoms with Gasteiger partial charge in [0, 0.05) is 31.9 Å². The van der Waals surface area contributed by atoms with Crippen LogP contribution in [-0.4, -0.2) is 28.8 Å². The topological polar surface area (TPSA) is 98.6 Å². The van der Waals surface area contributed by atoms with Gasteiger partial charge in [0.25, 0.3) is 5.56 Å². The fourth-order valence-electron chi connectivity index (χ4n) is 5.94. The molecule has 1 aliphatic heterocycles. The average Bonchev–Trinajstić information content (AvgIpc) is 3.64. The van der Waals surface area contributed by atoms with Crippen molar-refractivity contribution in [2.24, 2.45) is 4.99 Å². The maximum atomic E-state index is 14.5. The Hall–Kier alpha value is -4.50. The normalized spacial score (nSPS) is 14.5. The van der Waals surface area contributed by atoms with E-state index in [1.54, 1.807) is 36.0 Å². The Labute approximate surface area is 288 Å². The van der Waals surface area contributed by atoms with Crippen LogP contribution in [0.4, 0.5) is 0 Å². The molecule has 0 N–H and O–H groups in total. The Kier molecular flexibility index (Phi) is 8.94. The molecule has 11 heteroatoms. The molecule has 1 atom stereocenters. The molecule has 0 unspecified atom stereocenters. The number of aryl methyl sites for hydroxylation is 2. The molecule has 8 nitrogen and oxygen atoms in total. The molecule has 0 aliphatic carbocycles. The fraction of sp³-hybridized carbons (Fsp3) is 0.222. The molecule has 1 aliphatic rings. The minimum Gasteiger partial charge on any atom is -0.496 e. The van der Waals surface area contributed by atoms with E-state index in [9.17, 15) is 14.9 Å². The van der Waals surface area contributed by atoms with E-state index in [-0.39, 0.29) is 17.7 Å². The summed E-state index contributed by atoms with van der Waals surface area (Å²) in [5, 5.41) is 10.8. The van der Waals surface area contributed by atoms with Crippen LogP contribution in [0.15, 0.2) is 74.4 Å². The molecule has 0 spiro atoms. The van der Waals surface area contributed by atoms with Crippen LogP contribution in [0.5, 0.6) is 5.75 Å². The predicted octanol–water partition coefficient (Wildman–Crippen LogP) is 6.66. The number of thiophene rings is 1. The molecule has 47 heavy (non-hydrogen) atoms. The van der Waals surface area contributed by atoms with Crippen LogP contribution < -0.4 is 19.6 Å². The van der Waals surface area contributed by atoms with Gasteiger partial charge in [0.05, 0.1) is 35.1 Å². The van der Waals surface area contributed by atoms with E-state index in [2.05, 4.69) is 26.6 Å². The molecular formula is C36H31BrN4O4S2. The number of aromatic nitrogens is 2. The fourth-order valence-corrected chi connectivity index (χ4v) is 8.53. The van der Waals surface area contributed by atoms with Gasteiger partial charge in [-0.3, -0.25) is 9.36 Å². The van der Waals surface area contributed by atoms with Crippen LogP contribution in [0.25, 0.3) is 16.8 Å². The number of benzene rings is 2. The summed E-state index contributed by atoms with van der Waals surface area (Å²) in [4.78, 5) is 34.8. The van der Waals surface area contributed by atoms with Crippen molar-refractivity contribution in [3.63, 3.8) is 0 Å². The number of carbonyl (C=O) groups is 1. The summed E-state index contributed by atoms with van der Waals surface area (Å²) in [5.41, 5.74) is 6.09. The minimum absolute atomic E-state index is 0.156. The number of hydrogen-bond acceptors (Lipinski definition) is 8. The Morgan fingerprint density at radius 1 is 1.11 bits per heavy atom. The third-order valence-electron chi connectivity index (χ3n) is 8.30. The van der Waals surface area contributed by atoms with Crippen molar-refractivity contribution in [3.8, 4) is 16.8 Å². The van der Waals surface area contributed by atoms with Crippen molar-refractivity contribution in [3.05, 3.63) is 128 Å².